The highest BCUT2D eigenvalue weighted by Crippen LogP contribution is 2.31. The molecule has 3 heterocycles. The molecule has 156 valence electrons. The highest BCUT2D eigenvalue weighted by atomic mass is 32.2. The van der Waals surface area contributed by atoms with Crippen molar-refractivity contribution in [2.24, 2.45) is 0 Å². The molecule has 0 atom stereocenters. The van der Waals surface area contributed by atoms with E-state index in [1.165, 1.54) is 4.88 Å². The molecule has 0 radical (unpaired) electrons. The zero-order valence-electron chi connectivity index (χ0n) is 17.0. The first kappa shape index (κ1) is 20.3. The van der Waals surface area contributed by atoms with Crippen molar-refractivity contribution in [3.63, 3.8) is 0 Å². The highest BCUT2D eigenvalue weighted by molar-refractivity contribution is 7.89. The number of aryl methyl sites for hydroxylation is 1. The predicted octanol–water partition coefficient (Wildman–Crippen LogP) is 2.85. The lowest BCUT2D eigenvalue weighted by atomic mass is 10.1. The summed E-state index contributed by atoms with van der Waals surface area (Å²) in [5.41, 5.74) is 3.11. The summed E-state index contributed by atoms with van der Waals surface area (Å²) in [5, 5.41) is 0. The Morgan fingerprint density at radius 3 is 2.66 bits per heavy atom. The maximum Gasteiger partial charge on any atom is 0.213 e. The molecule has 1 aliphatic rings. The number of methoxy groups -OCH3 is 1. The van der Waals surface area contributed by atoms with Crippen LogP contribution in [0, 0.1) is 6.92 Å². The first-order valence-electron chi connectivity index (χ1n) is 9.73. The first-order chi connectivity index (χ1) is 13.9. The zero-order chi connectivity index (χ0) is 20.6. The molecular formula is C20H26N4O3S2. The Morgan fingerprint density at radius 2 is 1.97 bits per heavy atom. The third-order valence-corrected chi connectivity index (χ3v) is 8.13. The lowest BCUT2D eigenvalue weighted by molar-refractivity contribution is 0.180. The largest absolute Gasteiger partial charge is 0.497 e. The van der Waals surface area contributed by atoms with Crippen molar-refractivity contribution < 1.29 is 13.2 Å². The average molecular weight is 435 g/mol. The molecule has 0 aliphatic carbocycles. The molecule has 0 amide bonds. The second-order valence-electron chi connectivity index (χ2n) is 7.21. The number of fused-ring (bicyclic) bond motifs is 1. The number of hydrogen-bond acceptors (Lipinski definition) is 6. The molecule has 0 bridgehead atoms. The summed E-state index contributed by atoms with van der Waals surface area (Å²) in [6, 6.07) is 7.97. The van der Waals surface area contributed by atoms with Crippen LogP contribution in [0.2, 0.25) is 0 Å². The van der Waals surface area contributed by atoms with Gasteiger partial charge in [0.1, 0.15) is 5.75 Å². The van der Waals surface area contributed by atoms with Crippen LogP contribution >= 0.6 is 11.3 Å². The fourth-order valence-electron chi connectivity index (χ4n) is 3.71. The second-order valence-corrected chi connectivity index (χ2v) is 10.7. The van der Waals surface area contributed by atoms with E-state index in [1.54, 1.807) is 29.7 Å². The number of thiazole rings is 1. The quantitative estimate of drug-likeness (QED) is 0.597. The summed E-state index contributed by atoms with van der Waals surface area (Å²) in [7, 11) is -1.45. The van der Waals surface area contributed by atoms with E-state index in [4.69, 9.17) is 9.72 Å². The Morgan fingerprint density at radius 1 is 1.21 bits per heavy atom. The van der Waals surface area contributed by atoms with Crippen molar-refractivity contribution >= 4 is 26.3 Å². The maximum atomic E-state index is 12.1. The van der Waals surface area contributed by atoms with E-state index in [0.29, 0.717) is 26.2 Å². The molecule has 0 unspecified atom stereocenters. The topological polar surface area (TPSA) is 67.2 Å². The van der Waals surface area contributed by atoms with Gasteiger partial charge in [0, 0.05) is 49.4 Å². The summed E-state index contributed by atoms with van der Waals surface area (Å²) < 4.78 is 33.4. The SMILES string of the molecule is CCS(=O)(=O)N1CCN(Cc2c(-c3cccc(OC)c3)nc3sc(C)cn23)CC1. The molecule has 29 heavy (non-hydrogen) atoms. The van der Waals surface area contributed by atoms with Crippen LogP contribution in [0.4, 0.5) is 0 Å². The number of ether oxygens (including phenoxy) is 1. The van der Waals surface area contributed by atoms with Crippen LogP contribution in [0.25, 0.3) is 16.2 Å². The molecule has 4 rings (SSSR count). The molecule has 1 aromatic carbocycles. The minimum atomic E-state index is -3.12. The molecule has 1 saturated heterocycles. The van der Waals surface area contributed by atoms with Crippen molar-refractivity contribution in [3.05, 3.63) is 41.0 Å². The van der Waals surface area contributed by atoms with E-state index in [1.807, 2.05) is 18.2 Å². The van der Waals surface area contributed by atoms with Gasteiger partial charge in [-0.15, -0.1) is 11.3 Å². The molecule has 9 heteroatoms. The van der Waals surface area contributed by atoms with Crippen molar-refractivity contribution in [2.75, 3.05) is 39.0 Å². The van der Waals surface area contributed by atoms with Gasteiger partial charge in [-0.1, -0.05) is 12.1 Å². The average Bonchev–Trinajstić information content (AvgIpc) is 3.25. The van der Waals surface area contributed by atoms with Gasteiger partial charge >= 0.3 is 0 Å². The first-order valence-corrected chi connectivity index (χ1v) is 12.2. The number of imidazole rings is 1. The number of benzene rings is 1. The Bertz CT molecular complexity index is 1110. The fraction of sp³-hybridized carbons (Fsp3) is 0.450. The standard InChI is InChI=1S/C20H26N4O3S2/c1-4-29(25,26)23-10-8-22(9-11-23)14-18-19(16-6-5-7-17(12-16)27-3)21-20-24(18)13-15(2)28-20/h5-7,12-13H,4,8-11,14H2,1-3H3. The molecule has 0 saturated carbocycles. The van der Waals surface area contributed by atoms with Crippen molar-refractivity contribution in [1.82, 2.24) is 18.6 Å². The van der Waals surface area contributed by atoms with Gasteiger partial charge in [0.05, 0.1) is 24.3 Å². The van der Waals surface area contributed by atoms with Crippen LogP contribution in [0.5, 0.6) is 5.75 Å². The molecule has 7 nitrogen and oxygen atoms in total. The van der Waals surface area contributed by atoms with E-state index in [2.05, 4.69) is 28.5 Å². The monoisotopic (exact) mass is 434 g/mol. The van der Waals surface area contributed by atoms with Crippen molar-refractivity contribution in [3.8, 4) is 17.0 Å². The summed E-state index contributed by atoms with van der Waals surface area (Å²) in [4.78, 5) is 9.40. The molecule has 1 aliphatic heterocycles. The summed E-state index contributed by atoms with van der Waals surface area (Å²) >= 11 is 1.68. The third kappa shape index (κ3) is 4.05. The Balaban J connectivity index is 1.63. The summed E-state index contributed by atoms with van der Waals surface area (Å²) in [6.45, 7) is 7.02. The number of nitrogens with zero attached hydrogens (tertiary/aromatic N) is 4. The van der Waals surface area contributed by atoms with E-state index >= 15 is 0 Å². The van der Waals surface area contributed by atoms with Crippen LogP contribution in [0.3, 0.4) is 0 Å². The molecule has 1 fully saturated rings. The van der Waals surface area contributed by atoms with Gasteiger partial charge < -0.3 is 4.74 Å². The number of hydrogen-bond donors (Lipinski definition) is 0. The normalized spacial score (nSPS) is 16.5. The molecule has 2 aromatic heterocycles. The number of aromatic nitrogens is 2. The Hall–Kier alpha value is -1.94. The van der Waals surface area contributed by atoms with Gasteiger partial charge in [0.15, 0.2) is 4.96 Å². The maximum absolute atomic E-state index is 12.1. The van der Waals surface area contributed by atoms with Crippen LogP contribution in [-0.4, -0.2) is 66.0 Å². The lowest BCUT2D eigenvalue weighted by Crippen LogP contribution is -2.48. The minimum Gasteiger partial charge on any atom is -0.497 e. The van der Waals surface area contributed by atoms with Gasteiger partial charge in [0.25, 0.3) is 0 Å². The van der Waals surface area contributed by atoms with Gasteiger partial charge in [0.2, 0.25) is 10.0 Å². The zero-order valence-corrected chi connectivity index (χ0v) is 18.6. The van der Waals surface area contributed by atoms with Crippen LogP contribution < -0.4 is 4.74 Å². The smallest absolute Gasteiger partial charge is 0.213 e. The minimum absolute atomic E-state index is 0.157. The number of rotatable bonds is 6. The van der Waals surface area contributed by atoms with Crippen LogP contribution in [0.15, 0.2) is 30.5 Å². The van der Waals surface area contributed by atoms with Gasteiger partial charge in [-0.3, -0.25) is 9.30 Å². The van der Waals surface area contributed by atoms with E-state index in [-0.39, 0.29) is 5.75 Å². The number of piperazine rings is 1. The highest BCUT2D eigenvalue weighted by Gasteiger charge is 2.27. The molecule has 0 spiro atoms. The molecular weight excluding hydrogens is 408 g/mol. The third-order valence-electron chi connectivity index (χ3n) is 5.35. The van der Waals surface area contributed by atoms with Gasteiger partial charge in [-0.2, -0.15) is 4.31 Å². The second kappa shape index (κ2) is 8.06. The van der Waals surface area contributed by atoms with Gasteiger partial charge in [-0.05, 0) is 26.0 Å². The van der Waals surface area contributed by atoms with E-state index in [0.717, 1.165) is 34.2 Å². The Kier molecular flexibility index (Phi) is 5.65. The van der Waals surface area contributed by atoms with Crippen molar-refractivity contribution in [2.45, 2.75) is 20.4 Å². The molecule has 0 N–H and O–H groups in total. The van der Waals surface area contributed by atoms with Crippen molar-refractivity contribution in [1.29, 1.82) is 0 Å². The van der Waals surface area contributed by atoms with E-state index in [9.17, 15) is 8.42 Å². The van der Waals surface area contributed by atoms with Gasteiger partial charge in [-0.25, -0.2) is 13.4 Å². The molecule has 3 aromatic rings. The summed E-state index contributed by atoms with van der Waals surface area (Å²) in [6.07, 6.45) is 2.13. The predicted molar refractivity (Wildman–Crippen MR) is 116 cm³/mol. The van der Waals surface area contributed by atoms with Crippen LogP contribution in [0.1, 0.15) is 17.5 Å². The lowest BCUT2D eigenvalue weighted by Gasteiger charge is -2.33. The summed E-state index contributed by atoms with van der Waals surface area (Å²) in [5.74, 6) is 0.962. The van der Waals surface area contributed by atoms with Crippen LogP contribution in [-0.2, 0) is 16.6 Å². The van der Waals surface area contributed by atoms with E-state index < -0.39 is 10.0 Å². The Labute approximate surface area is 175 Å². The fourth-order valence-corrected chi connectivity index (χ4v) is 5.64. The number of sulfonamides is 1.